The average Bonchev–Trinajstić information content (AvgIpc) is 2.58. The number of benzene rings is 3. The molecule has 3 aromatic rings. The standard InChI is InChI=1S/C19H13BrO3/c20-15-8-6-14(7-9-15)19(21)23-18-12-10-17(11-13-18)22-16-4-2-1-3-5-16/h1-13H. The van der Waals surface area contributed by atoms with E-state index in [1.165, 1.54) is 0 Å². The first-order valence-corrected chi connectivity index (χ1v) is 7.81. The quantitative estimate of drug-likeness (QED) is 0.453. The first-order chi connectivity index (χ1) is 11.2. The number of esters is 1. The monoisotopic (exact) mass is 368 g/mol. The Balaban J connectivity index is 1.65. The summed E-state index contributed by atoms with van der Waals surface area (Å²) in [6.07, 6.45) is 0. The summed E-state index contributed by atoms with van der Waals surface area (Å²) >= 11 is 3.33. The third kappa shape index (κ3) is 4.20. The molecule has 114 valence electrons. The minimum Gasteiger partial charge on any atom is -0.457 e. The Morgan fingerprint density at radius 3 is 1.91 bits per heavy atom. The Bertz CT molecular complexity index is 781. The van der Waals surface area contributed by atoms with Crippen molar-refractivity contribution >= 4 is 21.9 Å². The Labute approximate surface area is 142 Å². The Morgan fingerprint density at radius 2 is 1.26 bits per heavy atom. The maximum Gasteiger partial charge on any atom is 0.343 e. The predicted octanol–water partition coefficient (Wildman–Crippen LogP) is 5.46. The normalized spacial score (nSPS) is 10.1. The first kappa shape index (κ1) is 15.3. The van der Waals surface area contributed by atoms with Gasteiger partial charge in [0, 0.05) is 4.47 Å². The number of carbonyl (C=O) groups is 1. The van der Waals surface area contributed by atoms with E-state index in [2.05, 4.69) is 15.9 Å². The number of para-hydroxylation sites is 1. The minimum atomic E-state index is -0.394. The van der Waals surface area contributed by atoms with Gasteiger partial charge in [0.05, 0.1) is 5.56 Å². The van der Waals surface area contributed by atoms with Gasteiger partial charge in [-0.1, -0.05) is 34.1 Å². The largest absolute Gasteiger partial charge is 0.457 e. The fourth-order valence-corrected chi connectivity index (χ4v) is 2.22. The van der Waals surface area contributed by atoms with Crippen LogP contribution >= 0.6 is 15.9 Å². The first-order valence-electron chi connectivity index (χ1n) is 7.01. The van der Waals surface area contributed by atoms with E-state index >= 15 is 0 Å². The zero-order chi connectivity index (χ0) is 16.1. The topological polar surface area (TPSA) is 35.5 Å². The van der Waals surface area contributed by atoms with Crippen LogP contribution in [-0.2, 0) is 0 Å². The van der Waals surface area contributed by atoms with Crippen LogP contribution in [0, 0.1) is 0 Å². The Morgan fingerprint density at radius 1 is 0.696 bits per heavy atom. The van der Waals surface area contributed by atoms with Gasteiger partial charge in [0.2, 0.25) is 0 Å². The molecule has 0 amide bonds. The lowest BCUT2D eigenvalue weighted by atomic mass is 10.2. The highest BCUT2D eigenvalue weighted by Crippen LogP contribution is 2.24. The summed E-state index contributed by atoms with van der Waals surface area (Å²) < 4.78 is 11.9. The molecule has 0 saturated carbocycles. The fourth-order valence-electron chi connectivity index (χ4n) is 1.95. The molecule has 0 aliphatic rings. The van der Waals surface area contributed by atoms with Crippen molar-refractivity contribution in [3.63, 3.8) is 0 Å². The van der Waals surface area contributed by atoms with E-state index in [9.17, 15) is 4.79 Å². The molecule has 0 aliphatic heterocycles. The number of hydrogen-bond acceptors (Lipinski definition) is 3. The smallest absolute Gasteiger partial charge is 0.343 e. The molecule has 0 radical (unpaired) electrons. The molecule has 23 heavy (non-hydrogen) atoms. The van der Waals surface area contributed by atoms with E-state index in [1.54, 1.807) is 48.5 Å². The molecule has 0 heterocycles. The highest BCUT2D eigenvalue weighted by atomic mass is 79.9. The van der Waals surface area contributed by atoms with Gasteiger partial charge in [-0.05, 0) is 60.7 Å². The predicted molar refractivity (Wildman–Crippen MR) is 92.1 cm³/mol. The van der Waals surface area contributed by atoms with Crippen molar-refractivity contribution in [3.8, 4) is 17.2 Å². The molecule has 0 N–H and O–H groups in total. The van der Waals surface area contributed by atoms with Gasteiger partial charge in [0.25, 0.3) is 0 Å². The van der Waals surface area contributed by atoms with Gasteiger partial charge in [0.15, 0.2) is 0 Å². The summed E-state index contributed by atoms with van der Waals surface area (Å²) in [5.41, 5.74) is 0.498. The number of hydrogen-bond donors (Lipinski definition) is 0. The molecule has 4 heteroatoms. The highest BCUT2D eigenvalue weighted by Gasteiger charge is 2.08. The van der Waals surface area contributed by atoms with Crippen molar-refractivity contribution in [3.05, 3.63) is 88.9 Å². The molecule has 3 rings (SSSR count). The van der Waals surface area contributed by atoms with E-state index < -0.39 is 5.97 Å². The summed E-state index contributed by atoms with van der Waals surface area (Å²) in [7, 11) is 0. The van der Waals surface area contributed by atoms with Crippen molar-refractivity contribution in [2.45, 2.75) is 0 Å². The molecule has 0 fully saturated rings. The lowest BCUT2D eigenvalue weighted by Gasteiger charge is -2.07. The van der Waals surface area contributed by atoms with E-state index in [1.807, 2.05) is 30.3 Å². The maximum absolute atomic E-state index is 12.0. The molecule has 0 bridgehead atoms. The van der Waals surface area contributed by atoms with Gasteiger partial charge in [-0.2, -0.15) is 0 Å². The highest BCUT2D eigenvalue weighted by molar-refractivity contribution is 9.10. The third-order valence-corrected chi connectivity index (χ3v) is 3.62. The maximum atomic E-state index is 12.0. The summed E-state index contributed by atoms with van der Waals surface area (Å²) in [6.45, 7) is 0. The lowest BCUT2D eigenvalue weighted by Crippen LogP contribution is -2.08. The molecular formula is C19H13BrO3. The van der Waals surface area contributed by atoms with Gasteiger partial charge in [-0.15, -0.1) is 0 Å². The van der Waals surface area contributed by atoms with Gasteiger partial charge in [-0.3, -0.25) is 0 Å². The molecule has 3 aromatic carbocycles. The Hall–Kier alpha value is -2.59. The summed E-state index contributed by atoms with van der Waals surface area (Å²) in [6, 6.07) is 23.4. The number of carbonyl (C=O) groups excluding carboxylic acids is 1. The molecule has 0 spiro atoms. The molecule has 0 unspecified atom stereocenters. The third-order valence-electron chi connectivity index (χ3n) is 3.09. The van der Waals surface area contributed by atoms with Crippen molar-refractivity contribution in [2.24, 2.45) is 0 Å². The second-order valence-corrected chi connectivity index (χ2v) is 5.70. The van der Waals surface area contributed by atoms with E-state index in [0.717, 1.165) is 10.2 Å². The average molecular weight is 369 g/mol. The summed E-state index contributed by atoms with van der Waals surface area (Å²) in [5.74, 6) is 1.51. The second-order valence-electron chi connectivity index (χ2n) is 4.78. The Kier molecular flexibility index (Phi) is 4.74. The minimum absolute atomic E-state index is 0.394. The van der Waals surface area contributed by atoms with Crippen molar-refractivity contribution < 1.29 is 14.3 Å². The zero-order valence-corrected chi connectivity index (χ0v) is 13.7. The zero-order valence-electron chi connectivity index (χ0n) is 12.1. The van der Waals surface area contributed by atoms with Gasteiger partial charge in [0.1, 0.15) is 17.2 Å². The van der Waals surface area contributed by atoms with Gasteiger partial charge < -0.3 is 9.47 Å². The van der Waals surface area contributed by atoms with Crippen LogP contribution in [0.1, 0.15) is 10.4 Å². The van der Waals surface area contributed by atoms with Crippen LogP contribution in [0.25, 0.3) is 0 Å². The molecule has 0 saturated heterocycles. The van der Waals surface area contributed by atoms with E-state index in [-0.39, 0.29) is 0 Å². The molecule has 0 aromatic heterocycles. The van der Waals surface area contributed by atoms with Crippen molar-refractivity contribution in [2.75, 3.05) is 0 Å². The molecule has 0 atom stereocenters. The fraction of sp³-hybridized carbons (Fsp3) is 0. The van der Waals surface area contributed by atoms with Crippen LogP contribution in [-0.4, -0.2) is 5.97 Å². The number of ether oxygens (including phenoxy) is 2. The summed E-state index contributed by atoms with van der Waals surface area (Å²) in [4.78, 5) is 12.0. The van der Waals surface area contributed by atoms with Gasteiger partial charge >= 0.3 is 5.97 Å². The lowest BCUT2D eigenvalue weighted by molar-refractivity contribution is 0.0734. The second kappa shape index (κ2) is 7.11. The van der Waals surface area contributed by atoms with E-state index in [0.29, 0.717) is 17.1 Å². The molecule has 0 aliphatic carbocycles. The number of halogens is 1. The number of rotatable bonds is 4. The van der Waals surface area contributed by atoms with Crippen LogP contribution in [0.2, 0.25) is 0 Å². The van der Waals surface area contributed by atoms with Crippen LogP contribution in [0.4, 0.5) is 0 Å². The van der Waals surface area contributed by atoms with Crippen molar-refractivity contribution in [1.82, 2.24) is 0 Å². The van der Waals surface area contributed by atoms with Crippen LogP contribution in [0.15, 0.2) is 83.3 Å². The van der Waals surface area contributed by atoms with Crippen LogP contribution in [0.3, 0.4) is 0 Å². The summed E-state index contributed by atoms with van der Waals surface area (Å²) in [5, 5.41) is 0. The molecular weight excluding hydrogens is 356 g/mol. The van der Waals surface area contributed by atoms with Crippen molar-refractivity contribution in [1.29, 1.82) is 0 Å². The SMILES string of the molecule is O=C(Oc1ccc(Oc2ccccc2)cc1)c1ccc(Br)cc1. The van der Waals surface area contributed by atoms with Gasteiger partial charge in [-0.25, -0.2) is 4.79 Å². The van der Waals surface area contributed by atoms with Crippen LogP contribution < -0.4 is 9.47 Å². The molecule has 3 nitrogen and oxygen atoms in total. The van der Waals surface area contributed by atoms with Crippen LogP contribution in [0.5, 0.6) is 17.2 Å². The van der Waals surface area contributed by atoms with E-state index in [4.69, 9.17) is 9.47 Å².